The lowest BCUT2D eigenvalue weighted by atomic mass is 9.31. The summed E-state index contributed by atoms with van der Waals surface area (Å²) in [5.41, 5.74) is 2.88. The van der Waals surface area contributed by atoms with Crippen LogP contribution >= 0.6 is 0 Å². The van der Waals surface area contributed by atoms with Crippen molar-refractivity contribution in [1.82, 2.24) is 5.32 Å². The van der Waals surface area contributed by atoms with Gasteiger partial charge in [0.15, 0.2) is 0 Å². The second-order valence-electron chi connectivity index (χ2n) is 10.1. The molecule has 1 N–H and O–H groups in total. The number of ketones is 1. The summed E-state index contributed by atoms with van der Waals surface area (Å²) in [5, 5.41) is 7.43. The Kier molecular flexibility index (Phi) is 2.50. The summed E-state index contributed by atoms with van der Waals surface area (Å²) in [7, 11) is 0. The third-order valence-corrected chi connectivity index (χ3v) is 9.50. The molecule has 4 bridgehead atoms. The van der Waals surface area contributed by atoms with Gasteiger partial charge in [-0.3, -0.25) is 9.59 Å². The first-order valence-electron chi connectivity index (χ1n) is 11.0. The predicted molar refractivity (Wildman–Crippen MR) is 101 cm³/mol. The van der Waals surface area contributed by atoms with Gasteiger partial charge in [0.2, 0.25) is 5.91 Å². The number of carbonyl (C=O) groups is 2. The monoisotopic (exact) mass is 390 g/mol. The number of oxime groups is 1. The molecular formula is C23H22N2O4. The van der Waals surface area contributed by atoms with Crippen molar-refractivity contribution >= 4 is 17.4 Å². The predicted octanol–water partition coefficient (Wildman–Crippen LogP) is 1.56. The van der Waals surface area contributed by atoms with Crippen LogP contribution in [-0.2, 0) is 20.8 Å². The second kappa shape index (κ2) is 4.68. The number of Topliss-reactive ketones (excluding diaryl/α,β-unsaturated/α-hetero) is 1. The summed E-state index contributed by atoms with van der Waals surface area (Å²) in [6, 6.07) is 6.17. The van der Waals surface area contributed by atoms with Crippen LogP contribution in [0.5, 0.6) is 5.75 Å². The molecule has 0 aromatic heterocycles. The van der Waals surface area contributed by atoms with Crippen LogP contribution in [0.3, 0.4) is 0 Å². The quantitative estimate of drug-likeness (QED) is 0.847. The van der Waals surface area contributed by atoms with Crippen molar-refractivity contribution in [2.45, 2.75) is 25.4 Å². The number of hydrogen-bond acceptors (Lipinski definition) is 5. The van der Waals surface area contributed by atoms with Gasteiger partial charge < -0.3 is 14.9 Å². The summed E-state index contributed by atoms with van der Waals surface area (Å²) in [6.45, 7) is 1.21. The molecule has 6 fully saturated rings. The van der Waals surface area contributed by atoms with E-state index in [9.17, 15) is 9.59 Å². The van der Waals surface area contributed by atoms with Crippen LogP contribution in [0.15, 0.2) is 23.4 Å². The number of benzene rings is 1. The zero-order valence-electron chi connectivity index (χ0n) is 16.0. The van der Waals surface area contributed by atoms with Gasteiger partial charge in [0.05, 0.1) is 24.3 Å². The largest absolute Gasteiger partial charge is 0.493 e. The highest BCUT2D eigenvalue weighted by Gasteiger charge is 2.96. The highest BCUT2D eigenvalue weighted by Crippen LogP contribution is 2.92. The fraction of sp³-hybridized carbons (Fsp3) is 0.609. The van der Waals surface area contributed by atoms with E-state index >= 15 is 0 Å². The van der Waals surface area contributed by atoms with Gasteiger partial charge in [0, 0.05) is 24.7 Å². The minimum atomic E-state index is -0.341. The molecule has 2 aliphatic heterocycles. The Morgan fingerprint density at radius 2 is 2.21 bits per heavy atom. The summed E-state index contributed by atoms with van der Waals surface area (Å²) >= 11 is 0. The van der Waals surface area contributed by atoms with E-state index in [-0.39, 0.29) is 29.3 Å². The summed E-state index contributed by atoms with van der Waals surface area (Å²) in [6.07, 6.45) is 2.70. The molecule has 6 heteroatoms. The van der Waals surface area contributed by atoms with E-state index in [1.807, 2.05) is 12.1 Å². The molecule has 8 aliphatic rings. The van der Waals surface area contributed by atoms with E-state index < -0.39 is 0 Å². The summed E-state index contributed by atoms with van der Waals surface area (Å²) in [5.74, 6) is 4.41. The van der Waals surface area contributed by atoms with Gasteiger partial charge in [-0.05, 0) is 65.3 Å². The zero-order chi connectivity index (χ0) is 19.1. The van der Waals surface area contributed by atoms with Crippen molar-refractivity contribution in [1.29, 1.82) is 0 Å². The fourth-order valence-corrected chi connectivity index (χ4v) is 8.85. The van der Waals surface area contributed by atoms with Crippen LogP contribution in [0.1, 0.15) is 24.0 Å². The maximum absolute atomic E-state index is 13.2. The number of fused-ring (bicyclic) bond motifs is 1. The molecule has 148 valence electrons. The molecule has 9 rings (SSSR count). The molecular weight excluding hydrogens is 368 g/mol. The van der Waals surface area contributed by atoms with Gasteiger partial charge in [-0.2, -0.15) is 0 Å². The molecule has 2 heterocycles. The molecule has 1 aromatic carbocycles. The smallest absolute Gasteiger partial charge is 0.227 e. The number of ether oxygens (including phenoxy) is 1. The van der Waals surface area contributed by atoms with E-state index in [0.717, 1.165) is 30.1 Å². The zero-order valence-corrected chi connectivity index (χ0v) is 16.0. The first-order chi connectivity index (χ1) is 14.2. The molecule has 6 saturated carbocycles. The third-order valence-electron chi connectivity index (χ3n) is 9.50. The SMILES string of the molecule is O=C1C2C3CC4C2C2(C(=O)NCC5CC(c6ccc7c(c6)CCO7)=NO5)C1C3C42. The van der Waals surface area contributed by atoms with Crippen molar-refractivity contribution in [2.24, 2.45) is 52.0 Å². The van der Waals surface area contributed by atoms with E-state index in [1.165, 1.54) is 12.0 Å². The van der Waals surface area contributed by atoms with Crippen molar-refractivity contribution in [3.8, 4) is 5.75 Å². The highest BCUT2D eigenvalue weighted by molar-refractivity contribution is 6.04. The van der Waals surface area contributed by atoms with Crippen LogP contribution < -0.4 is 10.1 Å². The van der Waals surface area contributed by atoms with E-state index in [0.29, 0.717) is 48.3 Å². The van der Waals surface area contributed by atoms with Gasteiger partial charge >= 0.3 is 0 Å². The van der Waals surface area contributed by atoms with E-state index in [4.69, 9.17) is 9.57 Å². The molecule has 6 aliphatic carbocycles. The maximum atomic E-state index is 13.2. The molecule has 1 aromatic rings. The van der Waals surface area contributed by atoms with Gasteiger partial charge in [-0.25, -0.2) is 0 Å². The topological polar surface area (TPSA) is 77.0 Å². The van der Waals surface area contributed by atoms with E-state index in [2.05, 4.69) is 16.5 Å². The average Bonchev–Trinajstić information content (AvgIpc) is 3.49. The lowest BCUT2D eigenvalue weighted by Crippen LogP contribution is -2.75. The third kappa shape index (κ3) is 1.47. The number of amides is 1. The van der Waals surface area contributed by atoms with Crippen molar-refractivity contribution in [3.63, 3.8) is 0 Å². The van der Waals surface area contributed by atoms with Crippen LogP contribution in [0.4, 0.5) is 0 Å². The van der Waals surface area contributed by atoms with Gasteiger partial charge in [-0.15, -0.1) is 0 Å². The Balaban J connectivity index is 0.955. The normalized spacial score (nSPS) is 48.0. The summed E-state index contributed by atoms with van der Waals surface area (Å²) < 4.78 is 5.57. The number of carbonyl (C=O) groups excluding carboxylic acids is 2. The first-order valence-corrected chi connectivity index (χ1v) is 11.0. The number of rotatable bonds is 4. The number of nitrogens with one attached hydrogen (secondary N) is 1. The van der Waals surface area contributed by atoms with Crippen molar-refractivity contribution in [2.75, 3.05) is 13.2 Å². The minimum Gasteiger partial charge on any atom is -0.493 e. The Labute approximate surface area is 168 Å². The fourth-order valence-electron chi connectivity index (χ4n) is 8.85. The van der Waals surface area contributed by atoms with E-state index in [1.54, 1.807) is 0 Å². The molecule has 1 amide bonds. The van der Waals surface area contributed by atoms with Gasteiger partial charge in [0.1, 0.15) is 17.6 Å². The highest BCUT2D eigenvalue weighted by atomic mass is 16.6. The summed E-state index contributed by atoms with van der Waals surface area (Å²) in [4.78, 5) is 31.5. The van der Waals surface area contributed by atoms with Crippen LogP contribution in [0.25, 0.3) is 0 Å². The Morgan fingerprint density at radius 1 is 1.28 bits per heavy atom. The van der Waals surface area contributed by atoms with Gasteiger partial charge in [0.25, 0.3) is 0 Å². The molecule has 9 unspecified atom stereocenters. The maximum Gasteiger partial charge on any atom is 0.227 e. The number of nitrogens with zero attached hydrogens (tertiary/aromatic N) is 1. The molecule has 29 heavy (non-hydrogen) atoms. The number of hydrogen-bond donors (Lipinski definition) is 1. The van der Waals surface area contributed by atoms with Crippen LogP contribution in [0, 0.1) is 46.8 Å². The lowest BCUT2D eigenvalue weighted by molar-refractivity contribution is -0.248. The Bertz CT molecular complexity index is 1050. The molecule has 0 radical (unpaired) electrons. The van der Waals surface area contributed by atoms with Gasteiger partial charge in [-0.1, -0.05) is 5.16 Å². The average molecular weight is 390 g/mol. The minimum absolute atomic E-state index is 0.0381. The van der Waals surface area contributed by atoms with Crippen molar-refractivity contribution < 1.29 is 19.2 Å². The van der Waals surface area contributed by atoms with Crippen LogP contribution in [-0.4, -0.2) is 36.7 Å². The molecule has 9 atom stereocenters. The lowest BCUT2D eigenvalue weighted by Gasteiger charge is -2.70. The first kappa shape index (κ1) is 15.5. The molecule has 0 saturated heterocycles. The molecule has 0 spiro atoms. The molecule has 6 nitrogen and oxygen atoms in total. The second-order valence-corrected chi connectivity index (χ2v) is 10.1. The van der Waals surface area contributed by atoms with Crippen LogP contribution in [0.2, 0.25) is 0 Å². The van der Waals surface area contributed by atoms with Crippen molar-refractivity contribution in [3.05, 3.63) is 29.3 Å². The Morgan fingerprint density at radius 3 is 3.10 bits per heavy atom. The Hall–Kier alpha value is -2.37. The standard InChI is InChI=1S/C23H22N2O4/c26-21-17-12-7-13-18-16(12)20(21)23(18,19(13)17)22(27)24-8-11-6-14(25-29-11)9-1-2-15-10(5-9)3-4-28-15/h1-2,5,11-13,16-20H,3-4,6-8H2,(H,24,27).